The number of hydrogen-bond acceptors (Lipinski definition) is 2. The number of aromatic amines is 1. The van der Waals surface area contributed by atoms with Gasteiger partial charge in [0, 0.05) is 30.1 Å². The summed E-state index contributed by atoms with van der Waals surface area (Å²) >= 11 is 0. The number of alkyl halides is 3. The van der Waals surface area contributed by atoms with Gasteiger partial charge in [-0.25, -0.2) is 0 Å². The molecule has 0 aliphatic carbocycles. The first-order valence-electron chi connectivity index (χ1n) is 8.83. The molecule has 1 aromatic heterocycles. The number of aromatic nitrogens is 1. The predicted octanol–water partition coefficient (Wildman–Crippen LogP) is 4.80. The molecule has 0 bridgehead atoms. The van der Waals surface area contributed by atoms with Gasteiger partial charge in [-0.15, -0.1) is 0 Å². The molecule has 28 heavy (non-hydrogen) atoms. The number of carbonyl (C=O) groups is 1. The molecule has 3 rings (SSSR count). The van der Waals surface area contributed by atoms with Crippen molar-refractivity contribution >= 4 is 16.8 Å². The van der Waals surface area contributed by atoms with E-state index in [1.54, 1.807) is 7.11 Å². The van der Waals surface area contributed by atoms with Gasteiger partial charge in [0.05, 0.1) is 7.11 Å². The van der Waals surface area contributed by atoms with Crippen LogP contribution in [0, 0.1) is 0 Å². The Labute approximate surface area is 160 Å². The van der Waals surface area contributed by atoms with E-state index in [4.69, 9.17) is 4.74 Å². The van der Waals surface area contributed by atoms with E-state index in [-0.39, 0.29) is 6.42 Å². The van der Waals surface area contributed by atoms with Gasteiger partial charge in [0.2, 0.25) is 5.91 Å². The van der Waals surface area contributed by atoms with Crippen molar-refractivity contribution < 1.29 is 22.7 Å². The van der Waals surface area contributed by atoms with Crippen LogP contribution in [0.15, 0.2) is 48.5 Å². The number of methoxy groups -OCH3 is 1. The second kappa shape index (κ2) is 7.96. The number of nitrogens with zero attached hydrogens (tertiary/aromatic N) is 1. The molecular formula is C21H21F3N2O2. The van der Waals surface area contributed by atoms with E-state index >= 15 is 0 Å². The van der Waals surface area contributed by atoms with Gasteiger partial charge in [0.1, 0.15) is 12.3 Å². The van der Waals surface area contributed by atoms with Crippen LogP contribution in [-0.2, 0) is 11.2 Å². The number of para-hydroxylation sites is 1. The van der Waals surface area contributed by atoms with Crippen molar-refractivity contribution in [3.63, 3.8) is 0 Å². The van der Waals surface area contributed by atoms with Gasteiger partial charge in [-0.05, 0) is 47.9 Å². The van der Waals surface area contributed by atoms with Crippen LogP contribution in [0.5, 0.6) is 5.75 Å². The third-order valence-corrected chi connectivity index (χ3v) is 4.62. The molecule has 0 saturated carbocycles. The molecule has 1 amide bonds. The summed E-state index contributed by atoms with van der Waals surface area (Å²) in [5, 5.41) is 0.958. The van der Waals surface area contributed by atoms with E-state index in [1.165, 1.54) is 7.05 Å². The SMILES string of the molecule is COc1ccc(-c2[nH]c3ccccc3c2CCC(=O)N(C)CC(F)(F)F)cc1. The van der Waals surface area contributed by atoms with Gasteiger partial charge in [-0.2, -0.15) is 13.2 Å². The molecule has 0 atom stereocenters. The van der Waals surface area contributed by atoms with Crippen LogP contribution in [0.3, 0.4) is 0 Å². The highest BCUT2D eigenvalue weighted by Gasteiger charge is 2.31. The topological polar surface area (TPSA) is 45.3 Å². The summed E-state index contributed by atoms with van der Waals surface area (Å²) < 4.78 is 42.8. The smallest absolute Gasteiger partial charge is 0.406 e. The first-order chi connectivity index (χ1) is 13.3. The number of aryl methyl sites for hydroxylation is 1. The number of ether oxygens (including phenoxy) is 1. The Morgan fingerprint density at radius 1 is 1.11 bits per heavy atom. The highest BCUT2D eigenvalue weighted by atomic mass is 19.4. The van der Waals surface area contributed by atoms with E-state index in [0.717, 1.165) is 38.4 Å². The Hall–Kier alpha value is -2.96. The quantitative estimate of drug-likeness (QED) is 0.657. The summed E-state index contributed by atoms with van der Waals surface area (Å²) in [5.41, 5.74) is 3.60. The standard InChI is InChI=1S/C21H21F3N2O2/c1-26(13-21(22,23)24)19(27)12-11-17-16-5-3-4-6-18(16)25-20(17)14-7-9-15(28-2)10-8-14/h3-10,25H,11-13H2,1-2H3. The van der Waals surface area contributed by atoms with Crippen molar-refractivity contribution in [3.8, 4) is 17.0 Å². The maximum Gasteiger partial charge on any atom is 0.406 e. The maximum absolute atomic E-state index is 12.5. The minimum absolute atomic E-state index is 0.00240. The fourth-order valence-electron chi connectivity index (χ4n) is 3.24. The zero-order chi connectivity index (χ0) is 20.3. The lowest BCUT2D eigenvalue weighted by atomic mass is 10.0. The number of fused-ring (bicyclic) bond motifs is 1. The summed E-state index contributed by atoms with van der Waals surface area (Å²) in [5.74, 6) is 0.189. The highest BCUT2D eigenvalue weighted by Crippen LogP contribution is 2.32. The summed E-state index contributed by atoms with van der Waals surface area (Å²) in [6.07, 6.45) is -4.07. The molecule has 0 aliphatic rings. The molecule has 0 unspecified atom stereocenters. The van der Waals surface area contributed by atoms with Crippen LogP contribution in [0.4, 0.5) is 13.2 Å². The average molecular weight is 390 g/mol. The Balaban J connectivity index is 1.88. The number of benzene rings is 2. The number of rotatable bonds is 6. The predicted molar refractivity (Wildman–Crippen MR) is 102 cm³/mol. The van der Waals surface area contributed by atoms with Crippen LogP contribution in [0.1, 0.15) is 12.0 Å². The normalized spacial score (nSPS) is 11.6. The third-order valence-electron chi connectivity index (χ3n) is 4.62. The summed E-state index contributed by atoms with van der Waals surface area (Å²) in [4.78, 5) is 16.3. The largest absolute Gasteiger partial charge is 0.497 e. The Morgan fingerprint density at radius 3 is 2.43 bits per heavy atom. The fourth-order valence-corrected chi connectivity index (χ4v) is 3.24. The lowest BCUT2D eigenvalue weighted by Crippen LogP contribution is -2.35. The molecule has 0 saturated heterocycles. The van der Waals surface area contributed by atoms with Gasteiger partial charge >= 0.3 is 6.18 Å². The first-order valence-corrected chi connectivity index (χ1v) is 8.83. The summed E-state index contributed by atoms with van der Waals surface area (Å²) in [7, 11) is 2.77. The molecule has 0 aliphatic heterocycles. The van der Waals surface area contributed by atoms with Crippen molar-refractivity contribution in [2.45, 2.75) is 19.0 Å². The first kappa shape index (κ1) is 19.8. The molecule has 3 aromatic rings. The minimum Gasteiger partial charge on any atom is -0.497 e. The van der Waals surface area contributed by atoms with Gasteiger partial charge in [0.15, 0.2) is 0 Å². The molecule has 0 spiro atoms. The monoisotopic (exact) mass is 390 g/mol. The Morgan fingerprint density at radius 2 is 1.79 bits per heavy atom. The zero-order valence-electron chi connectivity index (χ0n) is 15.6. The van der Waals surface area contributed by atoms with Crippen molar-refractivity contribution in [2.24, 2.45) is 0 Å². The second-order valence-corrected chi connectivity index (χ2v) is 6.62. The van der Waals surface area contributed by atoms with E-state index in [1.807, 2.05) is 48.5 Å². The van der Waals surface area contributed by atoms with Crippen molar-refractivity contribution in [2.75, 3.05) is 20.7 Å². The molecule has 1 N–H and O–H groups in total. The maximum atomic E-state index is 12.5. The van der Waals surface area contributed by atoms with E-state index in [2.05, 4.69) is 4.98 Å². The second-order valence-electron chi connectivity index (χ2n) is 6.62. The van der Waals surface area contributed by atoms with E-state index in [0.29, 0.717) is 6.42 Å². The van der Waals surface area contributed by atoms with Crippen LogP contribution in [-0.4, -0.2) is 42.7 Å². The number of nitrogens with one attached hydrogen (secondary N) is 1. The number of amides is 1. The number of carbonyl (C=O) groups excluding carboxylic acids is 1. The van der Waals surface area contributed by atoms with E-state index in [9.17, 15) is 18.0 Å². The van der Waals surface area contributed by atoms with Crippen LogP contribution < -0.4 is 4.74 Å². The van der Waals surface area contributed by atoms with Gasteiger partial charge in [0.25, 0.3) is 0 Å². The molecule has 1 heterocycles. The Bertz CT molecular complexity index is 962. The number of H-pyrrole nitrogens is 1. The van der Waals surface area contributed by atoms with Gasteiger partial charge in [-0.3, -0.25) is 4.79 Å². The van der Waals surface area contributed by atoms with Crippen molar-refractivity contribution in [1.82, 2.24) is 9.88 Å². The van der Waals surface area contributed by atoms with Crippen LogP contribution >= 0.6 is 0 Å². The Kier molecular flexibility index (Phi) is 5.63. The molecule has 0 radical (unpaired) electrons. The zero-order valence-corrected chi connectivity index (χ0v) is 15.6. The number of hydrogen-bond donors (Lipinski definition) is 1. The number of halogens is 3. The van der Waals surface area contributed by atoms with Crippen molar-refractivity contribution in [3.05, 3.63) is 54.1 Å². The van der Waals surface area contributed by atoms with E-state index < -0.39 is 18.6 Å². The molecule has 148 valence electrons. The molecular weight excluding hydrogens is 369 g/mol. The minimum atomic E-state index is -4.40. The average Bonchev–Trinajstić information content (AvgIpc) is 3.03. The van der Waals surface area contributed by atoms with Crippen molar-refractivity contribution in [1.29, 1.82) is 0 Å². The summed E-state index contributed by atoms with van der Waals surface area (Å²) in [6.45, 7) is -1.24. The van der Waals surface area contributed by atoms with Crippen LogP contribution in [0.2, 0.25) is 0 Å². The third kappa shape index (κ3) is 4.47. The highest BCUT2D eigenvalue weighted by molar-refractivity contribution is 5.91. The molecule has 2 aromatic carbocycles. The summed E-state index contributed by atoms with van der Waals surface area (Å²) in [6, 6.07) is 15.2. The lowest BCUT2D eigenvalue weighted by molar-refractivity contribution is -0.158. The molecule has 4 nitrogen and oxygen atoms in total. The fraction of sp³-hybridized carbons (Fsp3) is 0.286. The molecule has 7 heteroatoms. The van der Waals surface area contributed by atoms with Gasteiger partial charge < -0.3 is 14.6 Å². The molecule has 0 fully saturated rings. The van der Waals surface area contributed by atoms with Crippen LogP contribution in [0.25, 0.3) is 22.2 Å². The lowest BCUT2D eigenvalue weighted by Gasteiger charge is -2.19. The van der Waals surface area contributed by atoms with Gasteiger partial charge in [-0.1, -0.05) is 18.2 Å².